The van der Waals surface area contributed by atoms with E-state index in [1.807, 2.05) is 0 Å². The SMILES string of the molecule is Cl.Cl.O=C1NCCCC12CNC2. The Morgan fingerprint density at radius 2 is 1.92 bits per heavy atom. The van der Waals surface area contributed by atoms with Gasteiger partial charge in [-0.3, -0.25) is 4.79 Å². The quantitative estimate of drug-likeness (QED) is 0.608. The van der Waals surface area contributed by atoms with Gasteiger partial charge < -0.3 is 10.6 Å². The first-order valence-electron chi connectivity index (χ1n) is 3.83. The van der Waals surface area contributed by atoms with Crippen LogP contribution in [0.15, 0.2) is 0 Å². The van der Waals surface area contributed by atoms with Gasteiger partial charge in [-0.1, -0.05) is 0 Å². The van der Waals surface area contributed by atoms with Gasteiger partial charge in [-0.2, -0.15) is 0 Å². The molecule has 0 bridgehead atoms. The van der Waals surface area contributed by atoms with Crippen LogP contribution in [-0.4, -0.2) is 25.5 Å². The van der Waals surface area contributed by atoms with Gasteiger partial charge in [0.05, 0.1) is 5.41 Å². The molecule has 2 N–H and O–H groups in total. The Morgan fingerprint density at radius 3 is 2.25 bits per heavy atom. The molecule has 2 aliphatic heterocycles. The second-order valence-corrected chi connectivity index (χ2v) is 3.24. The van der Waals surface area contributed by atoms with Crippen LogP contribution in [0.1, 0.15) is 12.8 Å². The maximum atomic E-state index is 11.2. The van der Waals surface area contributed by atoms with E-state index in [4.69, 9.17) is 0 Å². The fourth-order valence-corrected chi connectivity index (χ4v) is 1.69. The van der Waals surface area contributed by atoms with Gasteiger partial charge >= 0.3 is 0 Å². The lowest BCUT2D eigenvalue weighted by molar-refractivity contribution is -0.136. The maximum absolute atomic E-state index is 11.2. The van der Waals surface area contributed by atoms with Gasteiger partial charge in [0.25, 0.3) is 0 Å². The minimum Gasteiger partial charge on any atom is -0.356 e. The zero-order valence-electron chi connectivity index (χ0n) is 6.76. The smallest absolute Gasteiger partial charge is 0.228 e. The molecule has 5 heteroatoms. The van der Waals surface area contributed by atoms with Crippen LogP contribution in [0.25, 0.3) is 0 Å². The lowest BCUT2D eigenvalue weighted by Gasteiger charge is -2.43. The van der Waals surface area contributed by atoms with E-state index in [2.05, 4.69) is 10.6 Å². The molecule has 2 aliphatic rings. The van der Waals surface area contributed by atoms with Gasteiger partial charge in [0, 0.05) is 19.6 Å². The highest BCUT2D eigenvalue weighted by Gasteiger charge is 2.45. The van der Waals surface area contributed by atoms with Crippen molar-refractivity contribution in [3.63, 3.8) is 0 Å². The molecule has 0 aromatic carbocycles. The Kier molecular flexibility index (Phi) is 4.31. The molecule has 2 saturated heterocycles. The fraction of sp³-hybridized carbons (Fsp3) is 0.857. The Hall–Kier alpha value is 0.01000. The molecule has 0 unspecified atom stereocenters. The molecule has 3 nitrogen and oxygen atoms in total. The molecule has 0 radical (unpaired) electrons. The normalized spacial score (nSPS) is 24.5. The fourth-order valence-electron chi connectivity index (χ4n) is 1.69. The van der Waals surface area contributed by atoms with E-state index in [0.29, 0.717) is 0 Å². The summed E-state index contributed by atoms with van der Waals surface area (Å²) in [7, 11) is 0. The predicted octanol–water partition coefficient (Wildman–Crippen LogP) is 0.330. The van der Waals surface area contributed by atoms with Crippen LogP contribution in [0.2, 0.25) is 0 Å². The number of nitrogens with one attached hydrogen (secondary N) is 2. The highest BCUT2D eigenvalue weighted by atomic mass is 35.5. The van der Waals surface area contributed by atoms with E-state index in [0.717, 1.165) is 32.5 Å². The van der Waals surface area contributed by atoms with Gasteiger partial charge in [0.2, 0.25) is 5.91 Å². The number of halogens is 2. The number of amides is 1. The molecule has 0 atom stereocenters. The number of carbonyl (C=O) groups excluding carboxylic acids is 1. The van der Waals surface area contributed by atoms with E-state index in [-0.39, 0.29) is 36.1 Å². The van der Waals surface area contributed by atoms with Crippen molar-refractivity contribution in [1.82, 2.24) is 10.6 Å². The van der Waals surface area contributed by atoms with Gasteiger partial charge in [-0.25, -0.2) is 0 Å². The van der Waals surface area contributed by atoms with Gasteiger partial charge in [-0.15, -0.1) is 24.8 Å². The maximum Gasteiger partial charge on any atom is 0.228 e. The van der Waals surface area contributed by atoms with Crippen molar-refractivity contribution < 1.29 is 4.79 Å². The molecule has 0 aliphatic carbocycles. The Morgan fingerprint density at radius 1 is 1.25 bits per heavy atom. The van der Waals surface area contributed by atoms with Crippen LogP contribution in [-0.2, 0) is 4.79 Å². The minimum absolute atomic E-state index is 0. The topological polar surface area (TPSA) is 41.1 Å². The summed E-state index contributed by atoms with van der Waals surface area (Å²) in [5.41, 5.74) is -0.00174. The van der Waals surface area contributed by atoms with Crippen molar-refractivity contribution in [1.29, 1.82) is 0 Å². The van der Waals surface area contributed by atoms with E-state index in [1.54, 1.807) is 0 Å². The van der Waals surface area contributed by atoms with Crippen molar-refractivity contribution >= 4 is 30.7 Å². The largest absolute Gasteiger partial charge is 0.356 e. The van der Waals surface area contributed by atoms with E-state index >= 15 is 0 Å². The molecule has 2 rings (SSSR count). The summed E-state index contributed by atoms with van der Waals surface area (Å²) in [6, 6.07) is 0. The molecule has 0 aromatic rings. The highest BCUT2D eigenvalue weighted by Crippen LogP contribution is 2.30. The van der Waals surface area contributed by atoms with Crippen molar-refractivity contribution in [2.24, 2.45) is 5.41 Å². The van der Waals surface area contributed by atoms with E-state index in [1.165, 1.54) is 0 Å². The molecule has 1 amide bonds. The van der Waals surface area contributed by atoms with Crippen LogP contribution in [0, 0.1) is 5.41 Å². The van der Waals surface area contributed by atoms with Gasteiger partial charge in [0.15, 0.2) is 0 Å². The first-order chi connectivity index (χ1) is 4.83. The molecule has 2 heterocycles. The summed E-state index contributed by atoms with van der Waals surface area (Å²) in [6.45, 7) is 2.65. The Labute approximate surface area is 84.5 Å². The van der Waals surface area contributed by atoms with Crippen molar-refractivity contribution in [3.8, 4) is 0 Å². The van der Waals surface area contributed by atoms with Crippen molar-refractivity contribution in [3.05, 3.63) is 0 Å². The van der Waals surface area contributed by atoms with Crippen LogP contribution < -0.4 is 10.6 Å². The molecular weight excluding hydrogens is 199 g/mol. The van der Waals surface area contributed by atoms with Gasteiger partial charge in [-0.05, 0) is 12.8 Å². The standard InChI is InChI=1S/C7H12N2O.2ClH/c10-6-7(4-8-5-7)2-1-3-9-6;;/h8H,1-5H2,(H,9,10);2*1H. The van der Waals surface area contributed by atoms with E-state index in [9.17, 15) is 4.79 Å². The minimum atomic E-state index is -0.00174. The lowest BCUT2D eigenvalue weighted by atomic mass is 9.75. The van der Waals surface area contributed by atoms with Crippen LogP contribution in [0.5, 0.6) is 0 Å². The molecule has 12 heavy (non-hydrogen) atoms. The second-order valence-electron chi connectivity index (χ2n) is 3.24. The average Bonchev–Trinajstić information content (AvgIpc) is 1.85. The van der Waals surface area contributed by atoms with Crippen molar-refractivity contribution in [2.45, 2.75) is 12.8 Å². The zero-order valence-corrected chi connectivity index (χ0v) is 8.39. The molecule has 72 valence electrons. The monoisotopic (exact) mass is 212 g/mol. The van der Waals surface area contributed by atoms with Crippen LogP contribution in [0.4, 0.5) is 0 Å². The Bertz CT molecular complexity index is 171. The molecule has 1 spiro atoms. The summed E-state index contributed by atoms with van der Waals surface area (Å²) in [5.74, 6) is 0.262. The molecule has 0 aromatic heterocycles. The van der Waals surface area contributed by atoms with Gasteiger partial charge in [0.1, 0.15) is 0 Å². The second kappa shape index (κ2) is 4.30. The summed E-state index contributed by atoms with van der Waals surface area (Å²) >= 11 is 0. The number of hydrogen-bond donors (Lipinski definition) is 2. The zero-order chi connectivity index (χ0) is 7.03. The third kappa shape index (κ3) is 1.68. The summed E-state index contributed by atoms with van der Waals surface area (Å²) < 4.78 is 0. The average molecular weight is 213 g/mol. The Balaban J connectivity index is 0.000000605. The number of hydrogen-bond acceptors (Lipinski definition) is 2. The molecule has 2 fully saturated rings. The number of piperidine rings is 1. The predicted molar refractivity (Wildman–Crippen MR) is 52.0 cm³/mol. The lowest BCUT2D eigenvalue weighted by Crippen LogP contribution is -2.63. The molecule has 0 saturated carbocycles. The number of carbonyl (C=O) groups is 1. The third-order valence-corrected chi connectivity index (χ3v) is 2.53. The summed E-state index contributed by atoms with van der Waals surface area (Å²) in [6.07, 6.45) is 2.22. The first kappa shape index (κ1) is 12.0. The first-order valence-corrected chi connectivity index (χ1v) is 3.83. The third-order valence-electron chi connectivity index (χ3n) is 2.53. The van der Waals surface area contributed by atoms with E-state index < -0.39 is 0 Å². The highest BCUT2D eigenvalue weighted by molar-refractivity contribution is 5.85. The van der Waals surface area contributed by atoms with Crippen LogP contribution in [0.3, 0.4) is 0 Å². The van der Waals surface area contributed by atoms with Crippen LogP contribution >= 0.6 is 24.8 Å². The summed E-state index contributed by atoms with van der Waals surface area (Å²) in [4.78, 5) is 11.2. The van der Waals surface area contributed by atoms with Crippen molar-refractivity contribution in [2.75, 3.05) is 19.6 Å². The molecular formula is C7H14Cl2N2O. The number of rotatable bonds is 0. The summed E-state index contributed by atoms with van der Waals surface area (Å²) in [5, 5.41) is 6.04.